The molecule has 0 amide bonds. The van der Waals surface area contributed by atoms with E-state index < -0.39 is 10.0 Å². The van der Waals surface area contributed by atoms with Crippen LogP contribution in [0.3, 0.4) is 0 Å². The Morgan fingerprint density at radius 3 is 2.58 bits per heavy atom. The number of fused-ring (bicyclic) bond motifs is 1. The molecule has 1 aliphatic rings. The van der Waals surface area contributed by atoms with E-state index in [0.29, 0.717) is 23.8 Å². The van der Waals surface area contributed by atoms with Crippen LogP contribution in [0.25, 0.3) is 0 Å². The number of hydrogen-bond acceptors (Lipinski definition) is 5. The Kier molecular flexibility index (Phi) is 5.38. The Bertz CT molecular complexity index is 867. The number of anilines is 1. The number of benzene rings is 2. The zero-order valence-electron chi connectivity index (χ0n) is 15.2. The lowest BCUT2D eigenvalue weighted by Crippen LogP contribution is -2.38. The topological polar surface area (TPSA) is 67.9 Å². The van der Waals surface area contributed by atoms with Gasteiger partial charge in [-0.15, -0.1) is 0 Å². The maximum Gasteiger partial charge on any atom is 0.237 e. The summed E-state index contributed by atoms with van der Waals surface area (Å²) in [6.07, 6.45) is 0.736. The van der Waals surface area contributed by atoms with E-state index in [4.69, 9.17) is 9.47 Å². The second kappa shape index (κ2) is 7.55. The lowest BCUT2D eigenvalue weighted by atomic mass is 10.00. The minimum atomic E-state index is -3.55. The summed E-state index contributed by atoms with van der Waals surface area (Å²) in [5.74, 6) is 1.17. The first-order chi connectivity index (χ1) is 12.4. The number of ether oxygens (including phenoxy) is 2. The van der Waals surface area contributed by atoms with Gasteiger partial charge in [-0.25, -0.2) is 8.42 Å². The summed E-state index contributed by atoms with van der Waals surface area (Å²) < 4.78 is 39.2. The molecule has 1 N–H and O–H groups in total. The van der Waals surface area contributed by atoms with E-state index in [-0.39, 0.29) is 11.8 Å². The Morgan fingerprint density at radius 2 is 1.92 bits per heavy atom. The minimum absolute atomic E-state index is 0.0883. The molecule has 2 aromatic rings. The van der Waals surface area contributed by atoms with E-state index in [9.17, 15) is 8.42 Å². The average Bonchev–Trinajstić information content (AvgIpc) is 2.61. The number of sulfonamides is 1. The third kappa shape index (κ3) is 4.11. The maximum absolute atomic E-state index is 12.6. The highest BCUT2D eigenvalue weighted by Crippen LogP contribution is 2.40. The lowest BCUT2D eigenvalue weighted by Gasteiger charge is -2.32. The van der Waals surface area contributed by atoms with Gasteiger partial charge in [0.2, 0.25) is 10.0 Å². The molecule has 0 bridgehead atoms. The molecule has 7 heteroatoms. The van der Waals surface area contributed by atoms with Crippen molar-refractivity contribution >= 4 is 15.7 Å². The fourth-order valence-electron chi connectivity index (χ4n) is 3.04. The monoisotopic (exact) mass is 376 g/mol. The van der Waals surface area contributed by atoms with Crippen LogP contribution in [0.4, 0.5) is 5.69 Å². The third-order valence-corrected chi connectivity index (χ3v) is 5.74. The lowest BCUT2D eigenvalue weighted by molar-refractivity contribution is 0.164. The van der Waals surface area contributed by atoms with Crippen LogP contribution >= 0.6 is 0 Å². The highest BCUT2D eigenvalue weighted by atomic mass is 32.2. The molecule has 0 saturated carbocycles. The van der Waals surface area contributed by atoms with Crippen LogP contribution < -0.4 is 14.2 Å². The molecule has 140 valence electrons. The summed E-state index contributed by atoms with van der Waals surface area (Å²) in [7, 11) is 2.05. The van der Waals surface area contributed by atoms with Gasteiger partial charge in [0.25, 0.3) is 0 Å². The van der Waals surface area contributed by atoms with Crippen LogP contribution in [-0.4, -0.2) is 47.2 Å². The van der Waals surface area contributed by atoms with Crippen LogP contribution in [0.15, 0.2) is 42.5 Å². The molecule has 26 heavy (non-hydrogen) atoms. The van der Waals surface area contributed by atoms with Gasteiger partial charge < -0.3 is 14.4 Å². The first-order valence-corrected chi connectivity index (χ1v) is 10.1. The van der Waals surface area contributed by atoms with Gasteiger partial charge in [0.1, 0.15) is 18.1 Å². The number of methoxy groups -OCH3 is 1. The van der Waals surface area contributed by atoms with E-state index in [2.05, 4.69) is 9.62 Å². The van der Waals surface area contributed by atoms with Gasteiger partial charge in [0, 0.05) is 11.6 Å². The largest absolute Gasteiger partial charge is 0.496 e. The zero-order chi connectivity index (χ0) is 18.7. The molecule has 3 rings (SSSR count). The summed E-state index contributed by atoms with van der Waals surface area (Å²) in [5.41, 5.74) is 2.07. The van der Waals surface area contributed by atoms with Gasteiger partial charge in [-0.2, -0.15) is 0 Å². The molecule has 0 fully saturated rings. The van der Waals surface area contributed by atoms with Crippen LogP contribution in [-0.2, 0) is 22.2 Å². The van der Waals surface area contributed by atoms with Crippen LogP contribution in [0, 0.1) is 0 Å². The van der Waals surface area contributed by atoms with Gasteiger partial charge in [-0.3, -0.25) is 4.72 Å². The minimum Gasteiger partial charge on any atom is -0.496 e. The fourth-order valence-corrected chi connectivity index (χ4v) is 4.24. The molecule has 6 nitrogen and oxygen atoms in total. The average molecular weight is 376 g/mol. The summed E-state index contributed by atoms with van der Waals surface area (Å²) in [6, 6.07) is 12.8. The Labute approximate surface area is 154 Å². The summed E-state index contributed by atoms with van der Waals surface area (Å²) in [4.78, 5) is 2.09. The highest BCUT2D eigenvalue weighted by molar-refractivity contribution is 7.91. The zero-order valence-corrected chi connectivity index (χ0v) is 16.0. The SMILES string of the molecule is COc1ccc(NS(=O)(=O)Cc2ccccc2)c2c1C[C@@H](N(C)C)CO2. The second-order valence-electron chi connectivity index (χ2n) is 6.60. The number of likely N-dealkylation sites (N-methyl/N-ethyl adjacent to an activating group) is 1. The van der Waals surface area contributed by atoms with Crippen molar-refractivity contribution in [1.82, 2.24) is 4.90 Å². The molecule has 0 spiro atoms. The third-order valence-electron chi connectivity index (χ3n) is 4.49. The molecule has 0 aliphatic carbocycles. The van der Waals surface area contributed by atoms with Gasteiger partial charge in [0.15, 0.2) is 0 Å². The molecule has 1 aliphatic heterocycles. The standard InChI is InChI=1S/C19H24N2O4S/c1-21(2)15-11-16-18(24-3)10-9-17(19(16)25-12-15)20-26(22,23)13-14-7-5-4-6-8-14/h4-10,15,20H,11-13H2,1-3H3/t15-/m1/s1. The molecule has 0 unspecified atom stereocenters. The molecule has 1 heterocycles. The van der Waals surface area contributed by atoms with Gasteiger partial charge in [-0.05, 0) is 38.2 Å². The predicted octanol–water partition coefficient (Wildman–Crippen LogP) is 2.50. The van der Waals surface area contributed by atoms with Gasteiger partial charge in [0.05, 0.1) is 18.6 Å². The molecule has 0 radical (unpaired) electrons. The van der Waals surface area contributed by atoms with Crippen molar-refractivity contribution in [2.24, 2.45) is 0 Å². The number of nitrogens with one attached hydrogen (secondary N) is 1. The van der Waals surface area contributed by atoms with Gasteiger partial charge in [-0.1, -0.05) is 30.3 Å². The molecule has 0 saturated heterocycles. The first kappa shape index (κ1) is 18.5. The molecular formula is C19H24N2O4S. The Balaban J connectivity index is 1.88. The Hall–Kier alpha value is -2.25. The van der Waals surface area contributed by atoms with Crippen molar-refractivity contribution in [2.45, 2.75) is 18.2 Å². The van der Waals surface area contributed by atoms with Crippen LogP contribution in [0.1, 0.15) is 11.1 Å². The number of nitrogens with zero attached hydrogens (tertiary/aromatic N) is 1. The molecule has 1 atom stereocenters. The van der Waals surface area contributed by atoms with Crippen molar-refractivity contribution in [1.29, 1.82) is 0 Å². The smallest absolute Gasteiger partial charge is 0.237 e. The summed E-state index contributed by atoms with van der Waals surface area (Å²) in [6.45, 7) is 0.501. The normalized spacial score (nSPS) is 16.7. The quantitative estimate of drug-likeness (QED) is 0.839. The molecule has 0 aromatic heterocycles. The van der Waals surface area contributed by atoms with Gasteiger partial charge >= 0.3 is 0 Å². The van der Waals surface area contributed by atoms with E-state index >= 15 is 0 Å². The van der Waals surface area contributed by atoms with Crippen molar-refractivity contribution in [2.75, 3.05) is 32.5 Å². The maximum atomic E-state index is 12.6. The first-order valence-electron chi connectivity index (χ1n) is 8.43. The van der Waals surface area contributed by atoms with Crippen molar-refractivity contribution in [3.63, 3.8) is 0 Å². The van der Waals surface area contributed by atoms with E-state index in [0.717, 1.165) is 17.5 Å². The van der Waals surface area contributed by atoms with E-state index in [1.807, 2.05) is 32.3 Å². The van der Waals surface area contributed by atoms with Crippen molar-refractivity contribution < 1.29 is 17.9 Å². The molecular weight excluding hydrogens is 352 g/mol. The number of rotatable bonds is 6. The molecule has 2 aromatic carbocycles. The van der Waals surface area contributed by atoms with E-state index in [1.54, 1.807) is 31.4 Å². The second-order valence-corrected chi connectivity index (χ2v) is 8.32. The van der Waals surface area contributed by atoms with Crippen LogP contribution in [0.2, 0.25) is 0 Å². The van der Waals surface area contributed by atoms with Crippen molar-refractivity contribution in [3.05, 3.63) is 53.6 Å². The Morgan fingerprint density at radius 1 is 1.19 bits per heavy atom. The van der Waals surface area contributed by atoms with Crippen molar-refractivity contribution in [3.8, 4) is 11.5 Å². The van der Waals surface area contributed by atoms with Crippen LogP contribution in [0.5, 0.6) is 11.5 Å². The fraction of sp³-hybridized carbons (Fsp3) is 0.368. The number of hydrogen-bond donors (Lipinski definition) is 1. The summed E-state index contributed by atoms with van der Waals surface area (Å²) in [5, 5.41) is 0. The highest BCUT2D eigenvalue weighted by Gasteiger charge is 2.28. The summed E-state index contributed by atoms with van der Waals surface area (Å²) >= 11 is 0. The predicted molar refractivity (Wildman–Crippen MR) is 102 cm³/mol. The van der Waals surface area contributed by atoms with E-state index in [1.165, 1.54) is 0 Å².